The normalized spacial score (nSPS) is 11.3. The minimum absolute atomic E-state index is 0.115. The van der Waals surface area contributed by atoms with Gasteiger partial charge in [0.05, 0.1) is 13.1 Å². The number of hydrogen-bond donors (Lipinski definition) is 1. The molecule has 2 nitrogen and oxygen atoms in total. The van der Waals surface area contributed by atoms with Crippen LogP contribution in [0.15, 0.2) is 18.2 Å². The van der Waals surface area contributed by atoms with E-state index in [0.29, 0.717) is 5.56 Å². The van der Waals surface area contributed by atoms with Crippen LogP contribution in [0.25, 0.3) is 0 Å². The first-order chi connectivity index (χ1) is 8.81. The maximum atomic E-state index is 13.7. The van der Waals surface area contributed by atoms with Gasteiger partial charge in [0.1, 0.15) is 5.82 Å². The second kappa shape index (κ2) is 6.55. The van der Waals surface area contributed by atoms with E-state index in [0.717, 1.165) is 4.90 Å². The van der Waals surface area contributed by atoms with E-state index in [9.17, 15) is 17.6 Å². The minimum atomic E-state index is -4.29. The van der Waals surface area contributed by atoms with Gasteiger partial charge >= 0.3 is 6.18 Å². The van der Waals surface area contributed by atoms with Crippen LogP contribution in [-0.2, 0) is 6.54 Å². The van der Waals surface area contributed by atoms with Gasteiger partial charge in [-0.15, -0.1) is 0 Å². The lowest BCUT2D eigenvalue weighted by molar-refractivity contribution is -0.144. The van der Waals surface area contributed by atoms with E-state index in [-0.39, 0.29) is 18.7 Å². The maximum absolute atomic E-state index is 13.7. The number of nitrogens with zero attached hydrogens (tertiary/aromatic N) is 1. The van der Waals surface area contributed by atoms with Crippen molar-refractivity contribution < 1.29 is 17.6 Å². The lowest BCUT2D eigenvalue weighted by atomic mass is 10.1. The molecule has 19 heavy (non-hydrogen) atoms. The summed E-state index contributed by atoms with van der Waals surface area (Å²) in [5, 5.41) is 0. The molecule has 0 unspecified atom stereocenters. The Labute approximate surface area is 109 Å². The number of rotatable bonds is 3. The average molecular weight is 274 g/mol. The van der Waals surface area contributed by atoms with Gasteiger partial charge in [-0.25, -0.2) is 4.39 Å². The molecule has 0 aliphatic rings. The van der Waals surface area contributed by atoms with E-state index in [2.05, 4.69) is 11.8 Å². The Bertz CT molecular complexity index is 486. The highest BCUT2D eigenvalue weighted by Gasteiger charge is 2.29. The summed E-state index contributed by atoms with van der Waals surface area (Å²) in [6.07, 6.45) is -4.29. The van der Waals surface area contributed by atoms with Crippen molar-refractivity contribution in [2.75, 3.05) is 20.1 Å². The highest BCUT2D eigenvalue weighted by Crippen LogP contribution is 2.18. The van der Waals surface area contributed by atoms with Gasteiger partial charge in [0, 0.05) is 17.7 Å². The summed E-state index contributed by atoms with van der Waals surface area (Å²) >= 11 is 0. The average Bonchev–Trinajstić information content (AvgIpc) is 2.27. The number of halogens is 4. The van der Waals surface area contributed by atoms with Crippen LogP contribution in [0.3, 0.4) is 0 Å². The standard InChI is InChI=1S/C13H14F4N2/c1-19(9-13(15,16)17)8-11-5-4-10(3-2-6-18)7-12(11)14/h4-5,7H,6,8-9,18H2,1H3. The molecule has 0 bridgehead atoms. The minimum Gasteiger partial charge on any atom is -0.320 e. The summed E-state index contributed by atoms with van der Waals surface area (Å²) < 4.78 is 50.1. The number of nitrogens with two attached hydrogens (primary N) is 1. The van der Waals surface area contributed by atoms with Gasteiger partial charge in [0.2, 0.25) is 0 Å². The van der Waals surface area contributed by atoms with Crippen molar-refractivity contribution in [3.8, 4) is 11.8 Å². The molecule has 0 amide bonds. The molecule has 1 aromatic rings. The lowest BCUT2D eigenvalue weighted by Gasteiger charge is -2.18. The smallest absolute Gasteiger partial charge is 0.320 e. The Morgan fingerprint density at radius 1 is 1.32 bits per heavy atom. The molecule has 2 N–H and O–H groups in total. The molecular weight excluding hydrogens is 260 g/mol. The quantitative estimate of drug-likeness (QED) is 0.676. The SMILES string of the molecule is CN(Cc1ccc(C#CCN)cc1F)CC(F)(F)F. The second-order valence-corrected chi connectivity index (χ2v) is 4.10. The van der Waals surface area contributed by atoms with E-state index >= 15 is 0 Å². The molecule has 1 aromatic carbocycles. The number of benzene rings is 1. The fourth-order valence-electron chi connectivity index (χ4n) is 1.56. The zero-order valence-corrected chi connectivity index (χ0v) is 10.4. The molecule has 0 spiro atoms. The summed E-state index contributed by atoms with van der Waals surface area (Å²) in [6, 6.07) is 4.19. The van der Waals surface area contributed by atoms with E-state index in [1.165, 1.54) is 19.2 Å². The molecule has 0 saturated heterocycles. The summed E-state index contributed by atoms with van der Waals surface area (Å²) in [4.78, 5) is 1.00. The zero-order chi connectivity index (χ0) is 14.5. The van der Waals surface area contributed by atoms with Crippen LogP contribution >= 0.6 is 0 Å². The molecule has 0 radical (unpaired) electrons. The maximum Gasteiger partial charge on any atom is 0.401 e. The molecule has 1 rings (SSSR count). The third-order valence-corrected chi connectivity index (χ3v) is 2.28. The Balaban J connectivity index is 2.75. The first-order valence-electron chi connectivity index (χ1n) is 5.54. The molecule has 0 saturated carbocycles. The fourth-order valence-corrected chi connectivity index (χ4v) is 1.56. The highest BCUT2D eigenvalue weighted by atomic mass is 19.4. The predicted molar refractivity (Wildman–Crippen MR) is 64.7 cm³/mol. The van der Waals surface area contributed by atoms with Gasteiger partial charge in [-0.1, -0.05) is 17.9 Å². The molecular formula is C13H14F4N2. The van der Waals surface area contributed by atoms with Gasteiger partial charge in [-0.05, 0) is 19.2 Å². The van der Waals surface area contributed by atoms with Crippen LogP contribution in [-0.4, -0.2) is 31.2 Å². The molecule has 0 aliphatic heterocycles. The first-order valence-corrected chi connectivity index (χ1v) is 5.54. The Morgan fingerprint density at radius 2 is 2.00 bits per heavy atom. The third-order valence-electron chi connectivity index (χ3n) is 2.28. The van der Waals surface area contributed by atoms with E-state index in [1.54, 1.807) is 6.07 Å². The van der Waals surface area contributed by atoms with Crippen molar-refractivity contribution in [2.24, 2.45) is 5.73 Å². The molecule has 104 valence electrons. The summed E-state index contributed by atoms with van der Waals surface area (Å²) in [5.74, 6) is 4.66. The molecule has 0 atom stereocenters. The summed E-state index contributed by atoms with van der Waals surface area (Å²) in [5.41, 5.74) is 5.84. The molecule has 0 heterocycles. The summed E-state index contributed by atoms with van der Waals surface area (Å²) in [7, 11) is 1.29. The van der Waals surface area contributed by atoms with Gasteiger partial charge in [-0.2, -0.15) is 13.2 Å². The largest absolute Gasteiger partial charge is 0.401 e. The highest BCUT2D eigenvalue weighted by molar-refractivity contribution is 5.37. The van der Waals surface area contributed by atoms with Crippen LogP contribution in [0, 0.1) is 17.7 Å². The van der Waals surface area contributed by atoms with Crippen molar-refractivity contribution in [2.45, 2.75) is 12.7 Å². The third kappa shape index (κ3) is 5.73. The monoisotopic (exact) mass is 274 g/mol. The Morgan fingerprint density at radius 3 is 2.53 bits per heavy atom. The van der Waals surface area contributed by atoms with Crippen LogP contribution in [0.4, 0.5) is 17.6 Å². The van der Waals surface area contributed by atoms with Gasteiger partial charge < -0.3 is 5.73 Å². The van der Waals surface area contributed by atoms with Crippen molar-refractivity contribution in [3.63, 3.8) is 0 Å². The topological polar surface area (TPSA) is 29.3 Å². The van der Waals surface area contributed by atoms with Gasteiger partial charge in [0.25, 0.3) is 0 Å². The fraction of sp³-hybridized carbons (Fsp3) is 0.385. The van der Waals surface area contributed by atoms with Crippen molar-refractivity contribution in [1.82, 2.24) is 4.90 Å². The number of hydrogen-bond acceptors (Lipinski definition) is 2. The molecule has 6 heteroatoms. The molecule has 0 aliphatic carbocycles. The number of alkyl halides is 3. The van der Waals surface area contributed by atoms with Gasteiger partial charge in [-0.3, -0.25) is 4.90 Å². The zero-order valence-electron chi connectivity index (χ0n) is 10.4. The van der Waals surface area contributed by atoms with Crippen molar-refractivity contribution in [3.05, 3.63) is 35.1 Å². The summed E-state index contributed by atoms with van der Waals surface area (Å²) in [6.45, 7) is -1.03. The van der Waals surface area contributed by atoms with E-state index in [1.807, 2.05) is 0 Å². The van der Waals surface area contributed by atoms with Gasteiger partial charge in [0.15, 0.2) is 0 Å². The van der Waals surface area contributed by atoms with E-state index < -0.39 is 18.5 Å². The van der Waals surface area contributed by atoms with Crippen LogP contribution in [0.5, 0.6) is 0 Å². The first kappa shape index (κ1) is 15.5. The molecule has 0 fully saturated rings. The Hall–Kier alpha value is -1.58. The van der Waals surface area contributed by atoms with Crippen LogP contribution in [0.1, 0.15) is 11.1 Å². The van der Waals surface area contributed by atoms with Crippen LogP contribution < -0.4 is 5.73 Å². The van der Waals surface area contributed by atoms with Crippen LogP contribution in [0.2, 0.25) is 0 Å². The van der Waals surface area contributed by atoms with E-state index in [4.69, 9.17) is 5.73 Å². The predicted octanol–water partition coefficient (Wildman–Crippen LogP) is 2.13. The van der Waals surface area contributed by atoms with Crippen molar-refractivity contribution >= 4 is 0 Å². The van der Waals surface area contributed by atoms with Crippen molar-refractivity contribution in [1.29, 1.82) is 0 Å². The Kier molecular flexibility index (Phi) is 5.33. The second-order valence-electron chi connectivity index (χ2n) is 4.10. The lowest BCUT2D eigenvalue weighted by Crippen LogP contribution is -2.30. The molecule has 0 aromatic heterocycles.